The Balaban J connectivity index is 4.20. The maximum Gasteiger partial charge on any atom is 0.306 e. The molecular weight excluding hydrogens is 997 g/mol. The third kappa shape index (κ3) is 68.6. The highest BCUT2D eigenvalue weighted by molar-refractivity contribution is 5.71. The van der Waals surface area contributed by atoms with E-state index in [1.807, 2.05) is 0 Å². The molecule has 81 heavy (non-hydrogen) atoms. The summed E-state index contributed by atoms with van der Waals surface area (Å²) in [5.41, 5.74) is 0. The third-order valence-electron chi connectivity index (χ3n) is 17.0. The summed E-state index contributed by atoms with van der Waals surface area (Å²) in [7, 11) is 0. The molecule has 0 bridgehead atoms. The van der Waals surface area contributed by atoms with E-state index in [4.69, 9.17) is 14.2 Å². The first kappa shape index (κ1) is 78.9. The molecule has 0 aromatic rings. The second kappa shape index (κ2) is 70.4. The summed E-state index contributed by atoms with van der Waals surface area (Å²) in [5, 5.41) is 0. The van der Waals surface area contributed by atoms with Gasteiger partial charge in [0, 0.05) is 19.3 Å². The van der Waals surface area contributed by atoms with Crippen molar-refractivity contribution in [2.75, 3.05) is 13.2 Å². The third-order valence-corrected chi connectivity index (χ3v) is 17.0. The molecule has 0 heterocycles. The van der Waals surface area contributed by atoms with Crippen molar-refractivity contribution in [1.29, 1.82) is 0 Å². The number of unbranched alkanes of at least 4 members (excludes halogenated alkanes) is 54. The molecular formula is C75H142O6. The fourth-order valence-corrected chi connectivity index (χ4v) is 11.4. The molecule has 6 heteroatoms. The smallest absolute Gasteiger partial charge is 0.306 e. The zero-order valence-electron chi connectivity index (χ0n) is 55.1. The number of esters is 3. The van der Waals surface area contributed by atoms with Crippen molar-refractivity contribution >= 4 is 17.9 Å². The van der Waals surface area contributed by atoms with Crippen molar-refractivity contribution in [3.63, 3.8) is 0 Å². The van der Waals surface area contributed by atoms with E-state index < -0.39 is 6.10 Å². The molecule has 0 saturated carbocycles. The number of hydrogen-bond acceptors (Lipinski definition) is 6. The van der Waals surface area contributed by atoms with Crippen molar-refractivity contribution in [2.24, 2.45) is 0 Å². The Labute approximate surface area is 506 Å². The molecule has 1 unspecified atom stereocenters. The molecule has 0 aliphatic heterocycles. The van der Waals surface area contributed by atoms with Gasteiger partial charge in [0.1, 0.15) is 13.2 Å². The topological polar surface area (TPSA) is 78.9 Å². The molecule has 0 aliphatic carbocycles. The van der Waals surface area contributed by atoms with Crippen LogP contribution in [0.25, 0.3) is 0 Å². The Morgan fingerprint density at radius 3 is 0.679 bits per heavy atom. The second-order valence-electron chi connectivity index (χ2n) is 25.2. The predicted molar refractivity (Wildman–Crippen MR) is 353 cm³/mol. The Kier molecular flexibility index (Phi) is 68.5. The van der Waals surface area contributed by atoms with Gasteiger partial charge in [-0.3, -0.25) is 14.4 Å². The minimum Gasteiger partial charge on any atom is -0.462 e. The average molecular weight is 1140 g/mol. The quantitative estimate of drug-likeness (QED) is 0.0261. The fourth-order valence-electron chi connectivity index (χ4n) is 11.4. The van der Waals surface area contributed by atoms with Crippen LogP contribution in [0, 0.1) is 0 Å². The minimum absolute atomic E-state index is 0.0641. The standard InChI is InChI=1S/C75H142O6/c1-4-7-10-13-16-19-22-25-27-29-31-33-35-37-39-41-43-45-47-50-53-56-59-62-65-68-74(77)80-71-72(70-79-73(76)67-64-61-58-55-52-49-24-21-18-15-12-9-6-3)81-75(78)69-66-63-60-57-54-51-48-46-44-42-40-38-36-34-32-30-28-26-23-20-17-14-11-8-5-2/h22,25,29,31,72H,4-21,23-24,26-28,30,32-71H2,1-3H3/b25-22-,31-29-. The van der Waals surface area contributed by atoms with E-state index in [9.17, 15) is 14.4 Å². The lowest BCUT2D eigenvalue weighted by Crippen LogP contribution is -2.30. The van der Waals surface area contributed by atoms with Crippen LogP contribution in [0.3, 0.4) is 0 Å². The zero-order chi connectivity index (χ0) is 58.5. The van der Waals surface area contributed by atoms with E-state index in [2.05, 4.69) is 45.1 Å². The maximum absolute atomic E-state index is 13.0. The van der Waals surface area contributed by atoms with Crippen LogP contribution in [0.15, 0.2) is 24.3 Å². The summed E-state index contributed by atoms with van der Waals surface area (Å²) < 4.78 is 17.0. The normalized spacial score (nSPS) is 12.1. The van der Waals surface area contributed by atoms with Crippen LogP contribution < -0.4 is 0 Å². The number of allylic oxidation sites excluding steroid dienone is 4. The SMILES string of the molecule is CCCCCCC/C=C\C/C=C\CCCCCCCCCCCCCCCC(=O)OCC(COC(=O)CCCCCCCCCCCCCCC)OC(=O)CCCCCCCCCCCCCCCCCCCCCCCCCCC. The lowest BCUT2D eigenvalue weighted by molar-refractivity contribution is -0.167. The summed E-state index contributed by atoms with van der Waals surface area (Å²) in [4.78, 5) is 38.5. The van der Waals surface area contributed by atoms with Crippen molar-refractivity contribution in [3.8, 4) is 0 Å². The minimum atomic E-state index is -0.768. The molecule has 0 fully saturated rings. The van der Waals surface area contributed by atoms with Crippen molar-refractivity contribution in [3.05, 3.63) is 24.3 Å². The van der Waals surface area contributed by atoms with E-state index in [-0.39, 0.29) is 31.1 Å². The molecule has 0 aromatic heterocycles. The number of rotatable bonds is 69. The monoisotopic (exact) mass is 1140 g/mol. The molecule has 0 rings (SSSR count). The Morgan fingerprint density at radius 2 is 0.444 bits per heavy atom. The Morgan fingerprint density at radius 1 is 0.247 bits per heavy atom. The van der Waals surface area contributed by atoms with Gasteiger partial charge in [0.2, 0.25) is 0 Å². The zero-order valence-corrected chi connectivity index (χ0v) is 55.1. The molecule has 0 radical (unpaired) electrons. The van der Waals surface area contributed by atoms with Gasteiger partial charge in [0.25, 0.3) is 0 Å². The van der Waals surface area contributed by atoms with Gasteiger partial charge in [-0.15, -0.1) is 0 Å². The van der Waals surface area contributed by atoms with E-state index in [1.165, 1.54) is 315 Å². The Hall–Kier alpha value is -2.11. The molecule has 0 aliphatic rings. The Bertz CT molecular complexity index is 1310. The second-order valence-corrected chi connectivity index (χ2v) is 25.2. The highest BCUT2D eigenvalue weighted by atomic mass is 16.6. The van der Waals surface area contributed by atoms with Gasteiger partial charge in [-0.1, -0.05) is 373 Å². The van der Waals surface area contributed by atoms with E-state index in [0.29, 0.717) is 19.3 Å². The molecule has 6 nitrogen and oxygen atoms in total. The highest BCUT2D eigenvalue weighted by Crippen LogP contribution is 2.19. The number of ether oxygens (including phenoxy) is 3. The van der Waals surface area contributed by atoms with Crippen LogP contribution in [-0.4, -0.2) is 37.2 Å². The van der Waals surface area contributed by atoms with Crippen LogP contribution in [0.1, 0.15) is 419 Å². The summed E-state index contributed by atoms with van der Waals surface area (Å²) in [6, 6.07) is 0. The van der Waals surface area contributed by atoms with Gasteiger partial charge >= 0.3 is 17.9 Å². The van der Waals surface area contributed by atoms with Crippen LogP contribution in [0.4, 0.5) is 0 Å². The van der Waals surface area contributed by atoms with Gasteiger partial charge in [0.05, 0.1) is 0 Å². The maximum atomic E-state index is 13.0. The average Bonchev–Trinajstić information content (AvgIpc) is 3.46. The molecule has 0 spiro atoms. The van der Waals surface area contributed by atoms with Gasteiger partial charge in [-0.25, -0.2) is 0 Å². The fraction of sp³-hybridized carbons (Fsp3) is 0.907. The lowest BCUT2D eigenvalue weighted by Gasteiger charge is -2.18. The lowest BCUT2D eigenvalue weighted by atomic mass is 10.0. The first-order valence-corrected chi connectivity index (χ1v) is 36.8. The van der Waals surface area contributed by atoms with Crippen LogP contribution in [0.5, 0.6) is 0 Å². The first-order chi connectivity index (χ1) is 40.0. The summed E-state index contributed by atoms with van der Waals surface area (Å²) in [6.07, 6.45) is 86.5. The molecule has 0 amide bonds. The van der Waals surface area contributed by atoms with E-state index in [0.717, 1.165) is 64.2 Å². The molecule has 0 N–H and O–H groups in total. The number of carbonyl (C=O) groups excluding carboxylic acids is 3. The molecule has 0 aromatic carbocycles. The summed E-state index contributed by atoms with van der Waals surface area (Å²) in [5.74, 6) is -0.829. The van der Waals surface area contributed by atoms with Gasteiger partial charge in [-0.2, -0.15) is 0 Å². The van der Waals surface area contributed by atoms with E-state index in [1.54, 1.807) is 0 Å². The predicted octanol–water partition coefficient (Wildman–Crippen LogP) is 25.3. The van der Waals surface area contributed by atoms with Crippen LogP contribution >= 0.6 is 0 Å². The summed E-state index contributed by atoms with van der Waals surface area (Å²) >= 11 is 0. The van der Waals surface area contributed by atoms with Crippen LogP contribution in [-0.2, 0) is 28.6 Å². The molecule has 478 valence electrons. The summed E-state index contributed by atoms with van der Waals surface area (Å²) in [6.45, 7) is 6.72. The largest absolute Gasteiger partial charge is 0.462 e. The van der Waals surface area contributed by atoms with E-state index >= 15 is 0 Å². The van der Waals surface area contributed by atoms with Gasteiger partial charge < -0.3 is 14.2 Å². The number of carbonyl (C=O) groups is 3. The molecule has 0 saturated heterocycles. The number of hydrogen-bond donors (Lipinski definition) is 0. The molecule has 1 atom stereocenters. The van der Waals surface area contributed by atoms with Gasteiger partial charge in [-0.05, 0) is 51.4 Å². The van der Waals surface area contributed by atoms with Gasteiger partial charge in [0.15, 0.2) is 6.10 Å². The van der Waals surface area contributed by atoms with Crippen molar-refractivity contribution in [1.82, 2.24) is 0 Å². The van der Waals surface area contributed by atoms with Crippen molar-refractivity contribution < 1.29 is 28.6 Å². The highest BCUT2D eigenvalue weighted by Gasteiger charge is 2.20. The first-order valence-electron chi connectivity index (χ1n) is 36.8. The van der Waals surface area contributed by atoms with Crippen molar-refractivity contribution in [2.45, 2.75) is 425 Å². The van der Waals surface area contributed by atoms with Crippen LogP contribution in [0.2, 0.25) is 0 Å².